The van der Waals surface area contributed by atoms with Gasteiger partial charge in [-0.1, -0.05) is 60.2 Å². The van der Waals surface area contributed by atoms with Crippen molar-refractivity contribution >= 4 is 23.1 Å². The zero-order chi connectivity index (χ0) is 28.0. The average molecular weight is 544 g/mol. The minimum atomic E-state index is -4.99. The molecule has 0 aliphatic rings. The van der Waals surface area contributed by atoms with Crippen LogP contribution in [0.3, 0.4) is 0 Å². The van der Waals surface area contributed by atoms with Gasteiger partial charge in [0.1, 0.15) is 0 Å². The molecule has 0 spiro atoms. The number of benzene rings is 2. The SMILES string of the molecule is C/C(=C(/N)c1ccccc1C(=O)/C(C)=C/C=C\C=C\Cl)N(N)Cc1cc(C(F)(F)F)cc(C(F)(F)F)c1. The number of hydrogen-bond donors (Lipinski definition) is 2. The van der Waals surface area contributed by atoms with E-state index < -0.39 is 30.0 Å². The van der Waals surface area contributed by atoms with Gasteiger partial charge in [0.25, 0.3) is 0 Å². The predicted octanol–water partition coefficient (Wildman–Crippen LogP) is 7.19. The summed E-state index contributed by atoms with van der Waals surface area (Å²) in [4.78, 5) is 13.0. The van der Waals surface area contributed by atoms with Crippen molar-refractivity contribution in [3.8, 4) is 0 Å². The highest BCUT2D eigenvalue weighted by molar-refractivity contribution is 6.25. The molecule has 0 aliphatic carbocycles. The summed E-state index contributed by atoms with van der Waals surface area (Å²) in [6, 6.07) is 7.58. The van der Waals surface area contributed by atoms with Crippen LogP contribution in [0.4, 0.5) is 26.3 Å². The van der Waals surface area contributed by atoms with E-state index in [1.165, 1.54) is 12.5 Å². The van der Waals surface area contributed by atoms with Gasteiger partial charge in [0.15, 0.2) is 5.78 Å². The molecular formula is C26H24ClF6N3O. The van der Waals surface area contributed by atoms with Gasteiger partial charge in [-0.05, 0) is 43.2 Å². The average Bonchev–Trinajstić information content (AvgIpc) is 2.83. The first kappa shape index (κ1) is 29.7. The Balaban J connectivity index is 2.44. The van der Waals surface area contributed by atoms with Gasteiger partial charge >= 0.3 is 12.4 Å². The molecule has 0 amide bonds. The lowest BCUT2D eigenvalue weighted by Gasteiger charge is -2.23. The van der Waals surface area contributed by atoms with E-state index in [2.05, 4.69) is 0 Å². The second-order valence-corrected chi connectivity index (χ2v) is 8.22. The first-order chi connectivity index (χ1) is 17.2. The molecule has 0 unspecified atom stereocenters. The summed E-state index contributed by atoms with van der Waals surface area (Å²) in [5.41, 5.74) is 5.43. The van der Waals surface area contributed by atoms with Gasteiger partial charge in [-0.3, -0.25) is 4.79 Å². The lowest BCUT2D eigenvalue weighted by atomic mass is 9.96. The Morgan fingerprint density at radius 3 is 1.97 bits per heavy atom. The zero-order valence-electron chi connectivity index (χ0n) is 19.8. The minimum Gasteiger partial charge on any atom is -0.397 e. The fourth-order valence-corrected chi connectivity index (χ4v) is 3.37. The monoisotopic (exact) mass is 543 g/mol. The molecule has 4 nitrogen and oxygen atoms in total. The number of nitrogens with zero attached hydrogens (tertiary/aromatic N) is 1. The Kier molecular flexibility index (Phi) is 9.77. The van der Waals surface area contributed by atoms with Crippen LogP contribution in [0.2, 0.25) is 0 Å². The third-order valence-electron chi connectivity index (χ3n) is 5.28. The fourth-order valence-electron chi connectivity index (χ4n) is 3.29. The van der Waals surface area contributed by atoms with Crippen molar-refractivity contribution in [2.45, 2.75) is 32.7 Å². The van der Waals surface area contributed by atoms with Gasteiger partial charge in [-0.2, -0.15) is 26.3 Å². The summed E-state index contributed by atoms with van der Waals surface area (Å²) in [5, 5.41) is 0.927. The third-order valence-corrected chi connectivity index (χ3v) is 5.43. The van der Waals surface area contributed by atoms with Crippen molar-refractivity contribution < 1.29 is 31.1 Å². The Labute approximate surface area is 215 Å². The molecule has 11 heteroatoms. The molecule has 0 bridgehead atoms. The van der Waals surface area contributed by atoms with E-state index in [0.29, 0.717) is 23.3 Å². The molecule has 2 aromatic carbocycles. The number of hydrazine groups is 1. The summed E-state index contributed by atoms with van der Waals surface area (Å²) >= 11 is 5.44. The van der Waals surface area contributed by atoms with Crippen LogP contribution in [-0.2, 0) is 18.9 Å². The van der Waals surface area contributed by atoms with Crippen LogP contribution in [0.25, 0.3) is 5.70 Å². The molecule has 0 saturated carbocycles. The lowest BCUT2D eigenvalue weighted by Crippen LogP contribution is -2.31. The number of ketones is 1. The van der Waals surface area contributed by atoms with Crippen molar-refractivity contribution in [1.29, 1.82) is 0 Å². The number of nitrogens with two attached hydrogens (primary N) is 2. The first-order valence-electron chi connectivity index (χ1n) is 10.7. The van der Waals surface area contributed by atoms with E-state index in [4.69, 9.17) is 23.2 Å². The van der Waals surface area contributed by atoms with Gasteiger partial charge in [0, 0.05) is 22.4 Å². The summed E-state index contributed by atoms with van der Waals surface area (Å²) in [6.07, 6.45) is -3.60. The molecular weight excluding hydrogens is 520 g/mol. The molecule has 4 N–H and O–H groups in total. The topological polar surface area (TPSA) is 72.4 Å². The number of carbonyl (C=O) groups excluding carboxylic acids is 1. The second-order valence-electron chi connectivity index (χ2n) is 7.97. The molecule has 0 aliphatic heterocycles. The largest absolute Gasteiger partial charge is 0.416 e. The van der Waals surface area contributed by atoms with Crippen LogP contribution in [-0.4, -0.2) is 10.8 Å². The Bertz CT molecular complexity index is 1230. The molecule has 0 aromatic heterocycles. The zero-order valence-corrected chi connectivity index (χ0v) is 20.5. The Hall–Kier alpha value is -3.50. The van der Waals surface area contributed by atoms with Crippen molar-refractivity contribution in [2.24, 2.45) is 11.6 Å². The van der Waals surface area contributed by atoms with Crippen molar-refractivity contribution in [3.05, 3.63) is 111 Å². The summed E-state index contributed by atoms with van der Waals surface area (Å²) < 4.78 is 79.1. The minimum absolute atomic E-state index is 0.0305. The number of alkyl halides is 6. The maximum Gasteiger partial charge on any atom is 0.416 e. The smallest absolute Gasteiger partial charge is 0.397 e. The Morgan fingerprint density at radius 1 is 0.919 bits per heavy atom. The molecule has 0 radical (unpaired) electrons. The number of carbonyl (C=O) groups is 1. The van der Waals surface area contributed by atoms with Crippen molar-refractivity contribution in [1.82, 2.24) is 5.01 Å². The van der Waals surface area contributed by atoms with Gasteiger partial charge in [-0.25, -0.2) is 5.84 Å². The van der Waals surface area contributed by atoms with E-state index >= 15 is 0 Å². The third kappa shape index (κ3) is 7.99. The molecule has 0 heterocycles. The van der Waals surface area contributed by atoms with Crippen LogP contribution in [0.5, 0.6) is 0 Å². The highest BCUT2D eigenvalue weighted by Crippen LogP contribution is 2.36. The number of halogens is 7. The molecule has 37 heavy (non-hydrogen) atoms. The molecule has 0 atom stereocenters. The van der Waals surface area contributed by atoms with E-state index in [0.717, 1.165) is 5.01 Å². The summed E-state index contributed by atoms with van der Waals surface area (Å²) in [7, 11) is 0. The number of rotatable bonds is 8. The summed E-state index contributed by atoms with van der Waals surface area (Å²) in [6.45, 7) is 2.54. The van der Waals surface area contributed by atoms with E-state index in [1.54, 1.807) is 55.5 Å². The van der Waals surface area contributed by atoms with Crippen LogP contribution in [0, 0.1) is 0 Å². The van der Waals surface area contributed by atoms with E-state index in [9.17, 15) is 31.1 Å². The quantitative estimate of drug-likeness (QED) is 0.0923. The van der Waals surface area contributed by atoms with Gasteiger partial charge < -0.3 is 10.7 Å². The maximum atomic E-state index is 13.2. The second kappa shape index (κ2) is 12.2. The standard InChI is InChI=1S/C26H24ClF6N3O/c1-16(8-4-3-7-11-27)24(37)22-10-6-5-9-21(22)23(34)17(2)36(35)15-18-12-19(25(28,29)30)14-20(13-18)26(31,32)33/h3-14H,15,34-35H2,1-2H3/b4-3-,11-7+,16-8+,23-17-. The first-order valence-corrected chi connectivity index (χ1v) is 11.1. The normalized spacial score (nSPS) is 13.8. The molecule has 2 aromatic rings. The molecule has 2 rings (SSSR count). The van der Waals surface area contributed by atoms with Gasteiger partial charge in [0.2, 0.25) is 0 Å². The molecule has 0 saturated heterocycles. The van der Waals surface area contributed by atoms with Crippen LogP contribution in [0.15, 0.2) is 83.6 Å². The maximum absolute atomic E-state index is 13.2. The Morgan fingerprint density at radius 2 is 1.46 bits per heavy atom. The van der Waals surface area contributed by atoms with E-state index in [-0.39, 0.29) is 34.4 Å². The van der Waals surface area contributed by atoms with Crippen molar-refractivity contribution in [2.75, 3.05) is 0 Å². The summed E-state index contributed by atoms with van der Waals surface area (Å²) in [5.74, 6) is 5.65. The predicted molar refractivity (Wildman–Crippen MR) is 132 cm³/mol. The number of hydrogen-bond acceptors (Lipinski definition) is 4. The van der Waals surface area contributed by atoms with Crippen LogP contribution >= 0.6 is 11.6 Å². The molecule has 0 fully saturated rings. The van der Waals surface area contributed by atoms with Gasteiger partial charge in [0.05, 0.1) is 23.4 Å². The highest BCUT2D eigenvalue weighted by atomic mass is 35.5. The van der Waals surface area contributed by atoms with Crippen LogP contribution < -0.4 is 11.6 Å². The number of allylic oxidation sites excluding steroid dienone is 6. The van der Waals surface area contributed by atoms with E-state index in [1.807, 2.05) is 0 Å². The van der Waals surface area contributed by atoms with Crippen molar-refractivity contribution in [3.63, 3.8) is 0 Å². The lowest BCUT2D eigenvalue weighted by molar-refractivity contribution is -0.143. The highest BCUT2D eigenvalue weighted by Gasteiger charge is 2.37. The van der Waals surface area contributed by atoms with Crippen LogP contribution in [0.1, 0.15) is 46.5 Å². The fraction of sp³-hybridized carbons (Fsp3) is 0.192. The number of Topliss-reactive ketones (excluding diaryl/α,β-unsaturated/α-hetero) is 1. The molecule has 198 valence electrons. The van der Waals surface area contributed by atoms with Gasteiger partial charge in [-0.15, -0.1) is 0 Å².